The van der Waals surface area contributed by atoms with E-state index in [1.165, 1.54) is 11.1 Å². The first-order valence-corrected chi connectivity index (χ1v) is 5.94. The monoisotopic (exact) mass is 246 g/mol. The molecule has 0 unspecified atom stereocenters. The average Bonchev–Trinajstić information content (AvgIpc) is 2.30. The van der Waals surface area contributed by atoms with Crippen LogP contribution in [0, 0.1) is 13.8 Å². The Morgan fingerprint density at radius 2 is 2.06 bits per heavy atom. The van der Waals surface area contributed by atoms with Crippen LogP contribution >= 0.6 is 11.6 Å². The van der Waals surface area contributed by atoms with Gasteiger partial charge >= 0.3 is 0 Å². The molecule has 0 aliphatic carbocycles. The molecule has 0 aliphatic heterocycles. The largest absolute Gasteiger partial charge is 0.381 e. The molecule has 2 nitrogen and oxygen atoms in total. The van der Waals surface area contributed by atoms with Gasteiger partial charge in [-0.15, -0.1) is 0 Å². The summed E-state index contributed by atoms with van der Waals surface area (Å²) in [4.78, 5) is 3.97. The molecule has 1 heterocycles. The lowest BCUT2D eigenvalue weighted by Gasteiger charge is -2.11. The van der Waals surface area contributed by atoms with Crippen LogP contribution in [0.3, 0.4) is 0 Å². The van der Waals surface area contributed by atoms with Gasteiger partial charge in [0.05, 0.1) is 5.02 Å². The van der Waals surface area contributed by atoms with Crippen LogP contribution in [-0.4, -0.2) is 4.98 Å². The minimum absolute atomic E-state index is 0.699. The molecule has 2 aromatic rings. The van der Waals surface area contributed by atoms with E-state index in [9.17, 15) is 0 Å². The minimum atomic E-state index is 0.699. The Hall–Kier alpha value is -1.54. The molecule has 0 aliphatic rings. The maximum atomic E-state index is 6.05. The number of aromatic nitrogens is 1. The van der Waals surface area contributed by atoms with Crippen LogP contribution in [0.4, 0.5) is 5.69 Å². The van der Waals surface area contributed by atoms with E-state index in [1.54, 1.807) is 12.4 Å². The van der Waals surface area contributed by atoms with Crippen molar-refractivity contribution in [3.63, 3.8) is 0 Å². The molecule has 1 aromatic carbocycles. The highest BCUT2D eigenvalue weighted by Crippen LogP contribution is 2.19. The van der Waals surface area contributed by atoms with Crippen molar-refractivity contribution in [3.05, 3.63) is 58.4 Å². The predicted molar refractivity (Wildman–Crippen MR) is 72.5 cm³/mol. The number of aryl methyl sites for hydroxylation is 2. The number of nitrogens with zero attached hydrogens (tertiary/aromatic N) is 1. The highest BCUT2D eigenvalue weighted by atomic mass is 35.5. The second kappa shape index (κ2) is 5.19. The molecule has 0 amide bonds. The summed E-state index contributed by atoms with van der Waals surface area (Å²) < 4.78 is 0. The number of hydrogen-bond donors (Lipinski definition) is 1. The summed E-state index contributed by atoms with van der Waals surface area (Å²) in [6.07, 6.45) is 3.42. The predicted octanol–water partition coefficient (Wildman–Crippen LogP) is 3.96. The first-order chi connectivity index (χ1) is 8.16. The van der Waals surface area contributed by atoms with Crippen molar-refractivity contribution in [2.24, 2.45) is 0 Å². The average molecular weight is 247 g/mol. The normalized spacial score (nSPS) is 10.3. The molecule has 0 saturated heterocycles. The van der Waals surface area contributed by atoms with Gasteiger partial charge in [-0.1, -0.05) is 29.3 Å². The van der Waals surface area contributed by atoms with Crippen molar-refractivity contribution in [2.45, 2.75) is 20.4 Å². The van der Waals surface area contributed by atoms with Gasteiger partial charge in [-0.3, -0.25) is 4.98 Å². The quantitative estimate of drug-likeness (QED) is 0.887. The molecule has 88 valence electrons. The second-order valence-electron chi connectivity index (χ2n) is 4.14. The second-order valence-corrected chi connectivity index (χ2v) is 4.55. The van der Waals surface area contributed by atoms with Gasteiger partial charge in [0.25, 0.3) is 0 Å². The summed E-state index contributed by atoms with van der Waals surface area (Å²) in [6.45, 7) is 4.91. The van der Waals surface area contributed by atoms with E-state index < -0.39 is 0 Å². The fourth-order valence-corrected chi connectivity index (χ4v) is 1.94. The van der Waals surface area contributed by atoms with Gasteiger partial charge in [0, 0.05) is 24.6 Å². The molecular weight excluding hydrogens is 232 g/mol. The van der Waals surface area contributed by atoms with Gasteiger partial charge in [-0.2, -0.15) is 0 Å². The Kier molecular flexibility index (Phi) is 3.64. The maximum Gasteiger partial charge on any atom is 0.0639 e. The lowest BCUT2D eigenvalue weighted by Crippen LogP contribution is -2.01. The van der Waals surface area contributed by atoms with E-state index in [4.69, 9.17) is 11.6 Å². The number of nitrogens with one attached hydrogen (secondary N) is 1. The molecule has 0 saturated carbocycles. The summed E-state index contributed by atoms with van der Waals surface area (Å²) >= 11 is 6.05. The number of rotatable bonds is 3. The van der Waals surface area contributed by atoms with E-state index >= 15 is 0 Å². The number of hydrogen-bond acceptors (Lipinski definition) is 2. The van der Waals surface area contributed by atoms with Crippen LogP contribution < -0.4 is 5.32 Å². The fraction of sp³-hybridized carbons (Fsp3) is 0.214. The van der Waals surface area contributed by atoms with Crippen molar-refractivity contribution >= 4 is 17.3 Å². The Labute approximate surface area is 107 Å². The number of pyridine rings is 1. The Morgan fingerprint density at radius 3 is 2.76 bits per heavy atom. The Morgan fingerprint density at radius 1 is 1.24 bits per heavy atom. The van der Waals surface area contributed by atoms with Crippen molar-refractivity contribution in [2.75, 3.05) is 5.32 Å². The van der Waals surface area contributed by atoms with Gasteiger partial charge in [-0.25, -0.2) is 0 Å². The molecule has 1 N–H and O–H groups in total. The SMILES string of the molecule is Cc1ccc(NCc2ccncc2Cl)c(C)c1. The molecule has 0 spiro atoms. The van der Waals surface area contributed by atoms with Crippen LogP contribution in [0.15, 0.2) is 36.7 Å². The lowest BCUT2D eigenvalue weighted by atomic mass is 10.1. The van der Waals surface area contributed by atoms with Crippen LogP contribution in [-0.2, 0) is 6.54 Å². The van der Waals surface area contributed by atoms with E-state index in [2.05, 4.69) is 42.3 Å². The molecule has 0 radical (unpaired) electrons. The summed E-state index contributed by atoms with van der Waals surface area (Å²) in [5, 5.41) is 4.08. The summed E-state index contributed by atoms with van der Waals surface area (Å²) in [5.41, 5.74) is 4.72. The maximum absolute atomic E-state index is 6.05. The van der Waals surface area contributed by atoms with E-state index in [0.29, 0.717) is 11.6 Å². The molecule has 3 heteroatoms. The highest BCUT2D eigenvalue weighted by molar-refractivity contribution is 6.31. The van der Waals surface area contributed by atoms with Gasteiger partial charge in [0.2, 0.25) is 0 Å². The topological polar surface area (TPSA) is 24.9 Å². The van der Waals surface area contributed by atoms with Crippen LogP contribution in [0.5, 0.6) is 0 Å². The molecular formula is C14H15ClN2. The van der Waals surface area contributed by atoms with Crippen LogP contribution in [0.2, 0.25) is 5.02 Å². The zero-order valence-corrected chi connectivity index (χ0v) is 10.8. The first-order valence-electron chi connectivity index (χ1n) is 5.56. The Bertz CT molecular complexity index is 523. The minimum Gasteiger partial charge on any atom is -0.381 e. The van der Waals surface area contributed by atoms with Crippen molar-refractivity contribution < 1.29 is 0 Å². The zero-order chi connectivity index (χ0) is 12.3. The third kappa shape index (κ3) is 2.98. The molecule has 0 atom stereocenters. The van der Waals surface area contributed by atoms with E-state index in [-0.39, 0.29) is 0 Å². The van der Waals surface area contributed by atoms with Crippen molar-refractivity contribution in [1.29, 1.82) is 0 Å². The smallest absolute Gasteiger partial charge is 0.0639 e. The Balaban J connectivity index is 2.10. The third-order valence-electron chi connectivity index (χ3n) is 2.71. The fourth-order valence-electron chi connectivity index (χ4n) is 1.75. The zero-order valence-electron chi connectivity index (χ0n) is 10.00. The summed E-state index contributed by atoms with van der Waals surface area (Å²) in [6, 6.07) is 8.29. The molecule has 0 fully saturated rings. The molecule has 2 rings (SSSR count). The van der Waals surface area contributed by atoms with E-state index in [1.807, 2.05) is 6.07 Å². The van der Waals surface area contributed by atoms with E-state index in [0.717, 1.165) is 11.3 Å². The van der Waals surface area contributed by atoms with Gasteiger partial charge in [0.15, 0.2) is 0 Å². The van der Waals surface area contributed by atoms with Gasteiger partial charge in [-0.05, 0) is 37.1 Å². The van der Waals surface area contributed by atoms with Crippen LogP contribution in [0.25, 0.3) is 0 Å². The number of benzene rings is 1. The first kappa shape index (κ1) is 11.9. The standard InChI is InChI=1S/C14H15ClN2/c1-10-3-4-14(11(2)7-10)17-8-12-5-6-16-9-13(12)15/h3-7,9,17H,8H2,1-2H3. The lowest BCUT2D eigenvalue weighted by molar-refractivity contribution is 1.12. The van der Waals surface area contributed by atoms with Gasteiger partial charge < -0.3 is 5.32 Å². The molecule has 1 aromatic heterocycles. The molecule has 17 heavy (non-hydrogen) atoms. The summed E-state index contributed by atoms with van der Waals surface area (Å²) in [7, 11) is 0. The van der Waals surface area contributed by atoms with Crippen LogP contribution in [0.1, 0.15) is 16.7 Å². The van der Waals surface area contributed by atoms with Crippen molar-refractivity contribution in [3.8, 4) is 0 Å². The van der Waals surface area contributed by atoms with Gasteiger partial charge in [0.1, 0.15) is 0 Å². The third-order valence-corrected chi connectivity index (χ3v) is 3.05. The summed E-state index contributed by atoms with van der Waals surface area (Å²) in [5.74, 6) is 0. The number of anilines is 1. The number of halogens is 1. The highest BCUT2D eigenvalue weighted by Gasteiger charge is 2.01. The molecule has 0 bridgehead atoms. The van der Waals surface area contributed by atoms with Crippen molar-refractivity contribution in [1.82, 2.24) is 4.98 Å².